The van der Waals surface area contributed by atoms with Gasteiger partial charge in [0.2, 0.25) is 5.12 Å². The molecule has 0 unspecified atom stereocenters. The summed E-state index contributed by atoms with van der Waals surface area (Å²) in [5.41, 5.74) is -0.729. The minimum Gasteiger partial charge on any atom is -0.393 e. The zero-order chi connectivity index (χ0) is 24.3. The number of hydrogen-bond acceptors (Lipinski definition) is 6. The number of ketones is 2. The minimum atomic E-state index is -1.53. The molecular formula is C28H34O5S. The first kappa shape index (κ1) is 24.0. The lowest BCUT2D eigenvalue weighted by molar-refractivity contribution is -0.178. The molecule has 6 heteroatoms. The van der Waals surface area contributed by atoms with Crippen LogP contribution < -0.4 is 0 Å². The maximum atomic E-state index is 13.4. The van der Waals surface area contributed by atoms with Gasteiger partial charge < -0.3 is 10.2 Å². The Labute approximate surface area is 205 Å². The van der Waals surface area contributed by atoms with Crippen molar-refractivity contribution in [3.05, 3.63) is 47.5 Å². The van der Waals surface area contributed by atoms with Crippen molar-refractivity contribution >= 4 is 28.4 Å². The minimum absolute atomic E-state index is 0.0464. The van der Waals surface area contributed by atoms with E-state index in [9.17, 15) is 24.6 Å². The summed E-state index contributed by atoms with van der Waals surface area (Å²) in [4.78, 5) is 38.0. The average molecular weight is 483 g/mol. The van der Waals surface area contributed by atoms with Crippen LogP contribution >= 0.6 is 11.8 Å². The highest BCUT2D eigenvalue weighted by Gasteiger charge is 2.68. The molecule has 3 fully saturated rings. The van der Waals surface area contributed by atoms with Crippen LogP contribution in [0.5, 0.6) is 0 Å². The number of Topliss-reactive ketones (excluding diaryl/α,β-unsaturated/α-hetero) is 1. The maximum Gasteiger partial charge on any atom is 0.219 e. The van der Waals surface area contributed by atoms with Crippen molar-refractivity contribution in [2.75, 3.05) is 5.75 Å². The quantitative estimate of drug-likeness (QED) is 0.662. The van der Waals surface area contributed by atoms with Gasteiger partial charge in [-0.3, -0.25) is 14.4 Å². The molecule has 3 saturated carbocycles. The van der Waals surface area contributed by atoms with E-state index in [1.807, 2.05) is 19.1 Å². The molecular weight excluding hydrogens is 448 g/mol. The van der Waals surface area contributed by atoms with Gasteiger partial charge in [-0.2, -0.15) is 0 Å². The van der Waals surface area contributed by atoms with Gasteiger partial charge in [-0.05, 0) is 67.8 Å². The van der Waals surface area contributed by atoms with Crippen molar-refractivity contribution in [3.63, 3.8) is 0 Å². The molecule has 1 aromatic carbocycles. The van der Waals surface area contributed by atoms with E-state index in [1.165, 1.54) is 5.57 Å². The summed E-state index contributed by atoms with van der Waals surface area (Å²) in [6, 6.07) is 8.87. The number of hydrogen-bond donors (Lipinski definition) is 2. The third-order valence-electron chi connectivity index (χ3n) is 9.85. The third kappa shape index (κ3) is 3.48. The molecule has 4 aliphatic carbocycles. The largest absolute Gasteiger partial charge is 0.393 e. The van der Waals surface area contributed by atoms with Crippen LogP contribution in [-0.2, 0) is 9.59 Å². The Bertz CT molecular complexity index is 1050. The van der Waals surface area contributed by atoms with Crippen LogP contribution in [0.15, 0.2) is 42.0 Å². The summed E-state index contributed by atoms with van der Waals surface area (Å²) in [5.74, 6) is 0.215. The number of allylic oxidation sites excluding steroid dienone is 1. The molecule has 2 N–H and O–H groups in total. The van der Waals surface area contributed by atoms with E-state index in [0.717, 1.165) is 37.4 Å². The SMILES string of the molecule is C[C@]12CCC(=O)C=C1CC[C@@H]1[C@@H]2[C@@H](O)C[C@@]2(C)[C@H]1CC[C@]2(O)C(=O)CSC(=O)c1ccccc1. The van der Waals surface area contributed by atoms with Crippen LogP contribution in [0.3, 0.4) is 0 Å². The molecule has 0 spiro atoms. The Morgan fingerprint density at radius 3 is 2.56 bits per heavy atom. The molecule has 1 aromatic rings. The second kappa shape index (κ2) is 8.42. The monoisotopic (exact) mass is 482 g/mol. The molecule has 0 amide bonds. The lowest BCUT2D eigenvalue weighted by atomic mass is 9.45. The van der Waals surface area contributed by atoms with Gasteiger partial charge in [0.05, 0.1) is 11.9 Å². The zero-order valence-corrected chi connectivity index (χ0v) is 20.8. The number of carbonyl (C=O) groups is 3. The van der Waals surface area contributed by atoms with E-state index < -0.39 is 17.1 Å². The lowest BCUT2D eigenvalue weighted by Gasteiger charge is -2.60. The predicted octanol–water partition coefficient (Wildman–Crippen LogP) is 4.36. The van der Waals surface area contributed by atoms with Crippen molar-refractivity contribution in [2.45, 2.75) is 70.5 Å². The number of fused-ring (bicyclic) bond motifs is 5. The number of carbonyl (C=O) groups excluding carboxylic acids is 3. The fourth-order valence-electron chi connectivity index (χ4n) is 8.06. The second-order valence-corrected chi connectivity index (χ2v) is 12.3. The van der Waals surface area contributed by atoms with Gasteiger partial charge in [0, 0.05) is 17.4 Å². The summed E-state index contributed by atoms with van der Waals surface area (Å²) in [5, 5.41) is 23.1. The fourth-order valence-corrected chi connectivity index (χ4v) is 8.86. The van der Waals surface area contributed by atoms with Crippen LogP contribution in [-0.4, -0.2) is 44.4 Å². The van der Waals surface area contributed by atoms with Crippen LogP contribution in [0.4, 0.5) is 0 Å². The molecule has 0 heterocycles. The first-order valence-corrected chi connectivity index (χ1v) is 13.5. The van der Waals surface area contributed by atoms with E-state index in [0.29, 0.717) is 24.8 Å². The number of rotatable bonds is 4. The van der Waals surface area contributed by atoms with Gasteiger partial charge in [0.15, 0.2) is 11.6 Å². The van der Waals surface area contributed by atoms with Crippen molar-refractivity contribution in [3.8, 4) is 0 Å². The van der Waals surface area contributed by atoms with Gasteiger partial charge in [-0.15, -0.1) is 0 Å². The van der Waals surface area contributed by atoms with Crippen LogP contribution in [0.25, 0.3) is 0 Å². The normalized spacial score (nSPS) is 41.2. The molecule has 0 aromatic heterocycles. The Balaban J connectivity index is 1.37. The van der Waals surface area contributed by atoms with E-state index in [2.05, 4.69) is 6.92 Å². The second-order valence-electron chi connectivity index (χ2n) is 11.3. The highest BCUT2D eigenvalue weighted by atomic mass is 32.2. The standard InChI is InChI=1S/C28H34O5S/c1-26-12-10-19(29)14-18(26)8-9-20-21-11-13-28(33,27(21,2)15-22(30)24(20)26)23(31)16-34-25(32)17-6-4-3-5-7-17/h3-7,14,20-22,24,30,33H,8-13,15-16H2,1-2H3/t20-,21-,22-,24+,26-,27-,28-/m0/s1. The van der Waals surface area contributed by atoms with Crippen molar-refractivity contribution in [1.82, 2.24) is 0 Å². The van der Waals surface area contributed by atoms with Crippen molar-refractivity contribution < 1.29 is 24.6 Å². The molecule has 5 rings (SSSR count). The summed E-state index contributed by atoms with van der Waals surface area (Å²) in [7, 11) is 0. The first-order valence-electron chi connectivity index (χ1n) is 12.5. The van der Waals surface area contributed by atoms with Gasteiger partial charge in [0.25, 0.3) is 0 Å². The predicted molar refractivity (Wildman–Crippen MR) is 131 cm³/mol. The van der Waals surface area contributed by atoms with Crippen LogP contribution in [0, 0.1) is 28.6 Å². The number of aliphatic hydroxyl groups excluding tert-OH is 1. The Hall–Kier alpha value is -1.76. The molecule has 0 saturated heterocycles. The highest BCUT2D eigenvalue weighted by molar-refractivity contribution is 8.14. The Morgan fingerprint density at radius 1 is 1.09 bits per heavy atom. The highest BCUT2D eigenvalue weighted by Crippen LogP contribution is 2.67. The third-order valence-corrected chi connectivity index (χ3v) is 10.8. The zero-order valence-electron chi connectivity index (χ0n) is 20.0. The summed E-state index contributed by atoms with van der Waals surface area (Å²) < 4.78 is 0. The molecule has 5 nitrogen and oxygen atoms in total. The molecule has 4 aliphatic rings. The van der Waals surface area contributed by atoms with Gasteiger partial charge in [-0.25, -0.2) is 0 Å². The average Bonchev–Trinajstić information content (AvgIpc) is 3.09. The Morgan fingerprint density at radius 2 is 1.82 bits per heavy atom. The number of benzene rings is 1. The van der Waals surface area contributed by atoms with Gasteiger partial charge in [-0.1, -0.05) is 61.5 Å². The first-order chi connectivity index (χ1) is 16.1. The van der Waals surface area contributed by atoms with Crippen LogP contribution in [0.1, 0.15) is 69.2 Å². The Kier molecular flexibility index (Phi) is 5.93. The van der Waals surface area contributed by atoms with E-state index in [1.54, 1.807) is 24.3 Å². The van der Waals surface area contributed by atoms with E-state index in [-0.39, 0.29) is 45.6 Å². The van der Waals surface area contributed by atoms with Crippen molar-refractivity contribution in [2.24, 2.45) is 28.6 Å². The van der Waals surface area contributed by atoms with Gasteiger partial charge >= 0.3 is 0 Å². The fraction of sp³-hybridized carbons (Fsp3) is 0.607. The maximum absolute atomic E-state index is 13.4. The summed E-state index contributed by atoms with van der Waals surface area (Å²) in [6.07, 6.45) is 5.68. The van der Waals surface area contributed by atoms with Crippen LogP contribution in [0.2, 0.25) is 0 Å². The molecule has 7 atom stereocenters. The lowest BCUT2D eigenvalue weighted by Crippen LogP contribution is -2.62. The smallest absolute Gasteiger partial charge is 0.219 e. The van der Waals surface area contributed by atoms with E-state index in [4.69, 9.17) is 0 Å². The molecule has 182 valence electrons. The topological polar surface area (TPSA) is 91.7 Å². The van der Waals surface area contributed by atoms with E-state index >= 15 is 0 Å². The van der Waals surface area contributed by atoms with Gasteiger partial charge in [0.1, 0.15) is 5.60 Å². The molecule has 34 heavy (non-hydrogen) atoms. The molecule has 0 bridgehead atoms. The molecule has 0 radical (unpaired) electrons. The number of aliphatic hydroxyl groups is 2. The van der Waals surface area contributed by atoms with Crippen molar-refractivity contribution in [1.29, 1.82) is 0 Å². The molecule has 0 aliphatic heterocycles. The summed E-state index contributed by atoms with van der Waals surface area (Å²) in [6.45, 7) is 4.18. The number of thioether (sulfide) groups is 1. The summed E-state index contributed by atoms with van der Waals surface area (Å²) >= 11 is 0.949.